The van der Waals surface area contributed by atoms with Gasteiger partial charge in [-0.15, -0.1) is 0 Å². The van der Waals surface area contributed by atoms with Gasteiger partial charge in [0.2, 0.25) is 0 Å². The molecule has 0 aliphatic heterocycles. The monoisotopic (exact) mass is 162 g/mol. The molecule has 1 rings (SSSR count). The zero-order valence-electron chi connectivity index (χ0n) is 4.27. The summed E-state index contributed by atoms with van der Waals surface area (Å²) in [6.45, 7) is 0. The van der Waals surface area contributed by atoms with Crippen LogP contribution in [-0.2, 0) is 0 Å². The normalized spacial score (nSPS) is 9.56. The molecule has 0 fully saturated rings. The van der Waals surface area contributed by atoms with E-state index in [-0.39, 0.29) is 5.02 Å². The summed E-state index contributed by atoms with van der Waals surface area (Å²) < 4.78 is 0. The maximum absolute atomic E-state index is 10.5. The summed E-state index contributed by atoms with van der Waals surface area (Å²) in [5.74, 6) is -0.443. The second-order valence-corrected chi connectivity index (χ2v) is 2.28. The average Bonchev–Trinajstić information content (AvgIpc) is 1.80. The predicted molar refractivity (Wildman–Crippen MR) is 33.7 cm³/mol. The molecule has 1 aromatic heterocycles. The van der Waals surface area contributed by atoms with Crippen LogP contribution in [0.15, 0.2) is 12.3 Å². The van der Waals surface area contributed by atoms with Gasteiger partial charge < -0.3 is 5.11 Å². The smallest absolute Gasteiger partial charge is 0.0603 e. The molecular formula is C5H2Cl2NO-. The summed E-state index contributed by atoms with van der Waals surface area (Å²) in [6.07, 6.45) is 1.26. The van der Waals surface area contributed by atoms with E-state index >= 15 is 0 Å². The molecule has 4 heteroatoms. The summed E-state index contributed by atoms with van der Waals surface area (Å²) >= 11 is 10.8. The Labute approximate surface area is 62.1 Å². The minimum absolute atomic E-state index is 0.0579. The van der Waals surface area contributed by atoms with Crippen molar-refractivity contribution in [1.82, 2.24) is 4.98 Å². The molecule has 0 bridgehead atoms. The molecule has 0 unspecified atom stereocenters. The highest BCUT2D eigenvalue weighted by molar-refractivity contribution is 6.35. The van der Waals surface area contributed by atoms with Crippen LogP contribution in [-0.4, -0.2) is 4.98 Å². The van der Waals surface area contributed by atoms with Crippen LogP contribution in [0.1, 0.15) is 0 Å². The lowest BCUT2D eigenvalue weighted by Gasteiger charge is -2.04. The van der Waals surface area contributed by atoms with Gasteiger partial charge in [0.05, 0.1) is 10.0 Å². The van der Waals surface area contributed by atoms with Gasteiger partial charge in [-0.05, 0) is 6.07 Å². The molecule has 48 valence electrons. The van der Waals surface area contributed by atoms with Crippen molar-refractivity contribution >= 4 is 23.2 Å². The molecule has 0 saturated carbocycles. The van der Waals surface area contributed by atoms with Crippen molar-refractivity contribution in [2.75, 3.05) is 0 Å². The van der Waals surface area contributed by atoms with Crippen LogP contribution in [0.5, 0.6) is 5.88 Å². The van der Waals surface area contributed by atoms with Crippen molar-refractivity contribution in [1.29, 1.82) is 0 Å². The van der Waals surface area contributed by atoms with Gasteiger partial charge in [-0.3, -0.25) is 4.98 Å². The Morgan fingerprint density at radius 3 is 2.56 bits per heavy atom. The Morgan fingerprint density at radius 1 is 1.44 bits per heavy atom. The Bertz CT molecular complexity index is 226. The van der Waals surface area contributed by atoms with Crippen molar-refractivity contribution in [3.05, 3.63) is 22.3 Å². The molecule has 0 radical (unpaired) electrons. The van der Waals surface area contributed by atoms with Crippen molar-refractivity contribution in [2.45, 2.75) is 0 Å². The van der Waals surface area contributed by atoms with Crippen LogP contribution in [0, 0.1) is 0 Å². The first kappa shape index (κ1) is 6.65. The maximum Gasteiger partial charge on any atom is 0.0603 e. The third kappa shape index (κ3) is 1.47. The van der Waals surface area contributed by atoms with Crippen molar-refractivity contribution < 1.29 is 5.11 Å². The van der Waals surface area contributed by atoms with E-state index in [4.69, 9.17) is 23.2 Å². The number of nitrogens with zero attached hydrogens (tertiary/aromatic N) is 1. The van der Waals surface area contributed by atoms with Gasteiger partial charge in [-0.1, -0.05) is 23.2 Å². The third-order valence-electron chi connectivity index (χ3n) is 0.774. The number of halogens is 2. The molecule has 2 nitrogen and oxygen atoms in total. The molecule has 0 N–H and O–H groups in total. The van der Waals surface area contributed by atoms with Crippen LogP contribution >= 0.6 is 23.2 Å². The van der Waals surface area contributed by atoms with Gasteiger partial charge in [0.25, 0.3) is 0 Å². The minimum atomic E-state index is -0.443. The summed E-state index contributed by atoms with van der Waals surface area (Å²) in [7, 11) is 0. The van der Waals surface area contributed by atoms with Crippen molar-refractivity contribution in [3.8, 4) is 5.88 Å². The topological polar surface area (TPSA) is 36.0 Å². The SMILES string of the molecule is [O-]c1ncc(Cl)cc1Cl. The predicted octanol–water partition coefficient (Wildman–Crippen LogP) is 1.46. The lowest BCUT2D eigenvalue weighted by atomic mass is 10.5. The second kappa shape index (κ2) is 2.42. The van der Waals surface area contributed by atoms with Gasteiger partial charge in [-0.2, -0.15) is 0 Å². The van der Waals surface area contributed by atoms with Crippen LogP contribution < -0.4 is 5.11 Å². The lowest BCUT2D eigenvalue weighted by Crippen LogP contribution is -1.93. The lowest BCUT2D eigenvalue weighted by molar-refractivity contribution is -0.274. The molecule has 0 atom stereocenters. The highest BCUT2D eigenvalue weighted by Gasteiger charge is 1.90. The summed E-state index contributed by atoms with van der Waals surface area (Å²) in [6, 6.07) is 1.36. The van der Waals surface area contributed by atoms with E-state index in [2.05, 4.69) is 4.98 Å². The van der Waals surface area contributed by atoms with Gasteiger partial charge in [0, 0.05) is 12.1 Å². The maximum atomic E-state index is 10.5. The summed E-state index contributed by atoms with van der Waals surface area (Å²) in [5.41, 5.74) is 0. The molecule has 1 aromatic rings. The largest absolute Gasteiger partial charge is 0.858 e. The van der Waals surface area contributed by atoms with Gasteiger partial charge in [0.1, 0.15) is 0 Å². The van der Waals surface area contributed by atoms with E-state index in [0.717, 1.165) is 0 Å². The molecule has 1 heterocycles. The fourth-order valence-corrected chi connectivity index (χ4v) is 0.782. The molecule has 0 aromatic carbocycles. The summed E-state index contributed by atoms with van der Waals surface area (Å²) in [5, 5.41) is 10.9. The first-order valence-corrected chi connectivity index (χ1v) is 2.94. The molecule has 0 spiro atoms. The second-order valence-electron chi connectivity index (χ2n) is 1.44. The number of pyridine rings is 1. The minimum Gasteiger partial charge on any atom is -0.858 e. The van der Waals surface area contributed by atoms with Crippen molar-refractivity contribution in [3.63, 3.8) is 0 Å². The van der Waals surface area contributed by atoms with E-state index in [1.165, 1.54) is 12.3 Å². The molecular weight excluding hydrogens is 161 g/mol. The highest BCUT2D eigenvalue weighted by Crippen LogP contribution is 2.20. The third-order valence-corrected chi connectivity index (χ3v) is 1.25. The first-order chi connectivity index (χ1) is 4.20. The number of hydrogen-bond acceptors (Lipinski definition) is 2. The van der Waals surface area contributed by atoms with Gasteiger partial charge in [0.15, 0.2) is 0 Å². The van der Waals surface area contributed by atoms with Crippen LogP contribution in [0.2, 0.25) is 10.0 Å². The van der Waals surface area contributed by atoms with Crippen molar-refractivity contribution in [2.24, 2.45) is 0 Å². The number of aromatic nitrogens is 1. The van der Waals surface area contributed by atoms with Crippen LogP contribution in [0.25, 0.3) is 0 Å². The number of hydrogen-bond donors (Lipinski definition) is 0. The Kier molecular flexibility index (Phi) is 1.78. The van der Waals surface area contributed by atoms with E-state index in [1.807, 2.05) is 0 Å². The van der Waals surface area contributed by atoms with E-state index in [1.54, 1.807) is 0 Å². The van der Waals surface area contributed by atoms with Crippen LogP contribution in [0.4, 0.5) is 0 Å². The van der Waals surface area contributed by atoms with Crippen LogP contribution in [0.3, 0.4) is 0 Å². The highest BCUT2D eigenvalue weighted by atomic mass is 35.5. The Morgan fingerprint density at radius 2 is 2.11 bits per heavy atom. The molecule has 0 saturated heterocycles. The molecule has 0 amide bonds. The summed E-state index contributed by atoms with van der Waals surface area (Å²) in [4.78, 5) is 3.36. The van der Waals surface area contributed by atoms with Gasteiger partial charge in [-0.25, -0.2) is 0 Å². The van der Waals surface area contributed by atoms with Gasteiger partial charge >= 0.3 is 0 Å². The Balaban J connectivity index is 3.17. The average molecular weight is 163 g/mol. The standard InChI is InChI=1S/C5H3Cl2NO/c6-3-1-4(7)5(9)8-2-3/h1-2H,(H,8,9)/p-1. The van der Waals surface area contributed by atoms with E-state index in [9.17, 15) is 5.11 Å². The van der Waals surface area contributed by atoms with E-state index < -0.39 is 5.88 Å². The molecule has 9 heavy (non-hydrogen) atoms. The fraction of sp³-hybridized carbons (Fsp3) is 0. The number of rotatable bonds is 0. The zero-order valence-corrected chi connectivity index (χ0v) is 5.78. The van der Waals surface area contributed by atoms with E-state index in [0.29, 0.717) is 5.02 Å². The zero-order chi connectivity index (χ0) is 6.85. The Hall–Kier alpha value is -0.470. The fourth-order valence-electron chi connectivity index (χ4n) is 0.402. The molecule has 0 aliphatic carbocycles. The molecule has 0 aliphatic rings. The quantitative estimate of drug-likeness (QED) is 0.580. The first-order valence-electron chi connectivity index (χ1n) is 2.18.